The van der Waals surface area contributed by atoms with Crippen LogP contribution >= 0.6 is 11.3 Å². The Balaban J connectivity index is 1.94. The number of likely N-dealkylation sites (N-methyl/N-ethyl adjacent to an activating group) is 1. The van der Waals surface area contributed by atoms with Crippen molar-refractivity contribution in [3.63, 3.8) is 0 Å². The van der Waals surface area contributed by atoms with Crippen LogP contribution in [0.3, 0.4) is 0 Å². The highest BCUT2D eigenvalue weighted by Crippen LogP contribution is 2.22. The molecule has 1 aromatic carbocycles. The Bertz CT molecular complexity index is 725. The fourth-order valence-electron chi connectivity index (χ4n) is 2.37. The Hall–Kier alpha value is -2.21. The Labute approximate surface area is 145 Å². The molecule has 1 aromatic heterocycles. The van der Waals surface area contributed by atoms with Crippen LogP contribution in [0.25, 0.3) is 0 Å². The number of thiophene rings is 1. The van der Waals surface area contributed by atoms with Gasteiger partial charge >= 0.3 is 0 Å². The van der Waals surface area contributed by atoms with Crippen molar-refractivity contribution in [2.24, 2.45) is 0 Å². The van der Waals surface area contributed by atoms with Gasteiger partial charge in [0.2, 0.25) is 5.91 Å². The predicted molar refractivity (Wildman–Crippen MR) is 93.6 cm³/mol. The van der Waals surface area contributed by atoms with Crippen molar-refractivity contribution in [2.45, 2.75) is 27.3 Å². The van der Waals surface area contributed by atoms with Gasteiger partial charge in [0.25, 0.3) is 5.91 Å². The van der Waals surface area contributed by atoms with E-state index in [1.54, 1.807) is 23.5 Å². The number of nitrogens with one attached hydrogen (secondary N) is 1. The Kier molecular flexibility index (Phi) is 6.09. The Morgan fingerprint density at radius 2 is 1.88 bits per heavy atom. The van der Waals surface area contributed by atoms with Crippen LogP contribution in [0.5, 0.6) is 0 Å². The van der Waals surface area contributed by atoms with Crippen LogP contribution in [0.4, 0.5) is 4.39 Å². The molecule has 0 bridgehead atoms. The largest absolute Gasteiger partial charge is 0.350 e. The number of hydrogen-bond acceptors (Lipinski definition) is 3. The molecule has 0 saturated carbocycles. The Morgan fingerprint density at radius 3 is 2.42 bits per heavy atom. The maximum Gasteiger partial charge on any atom is 0.255 e. The van der Waals surface area contributed by atoms with Gasteiger partial charge in [0.15, 0.2) is 0 Å². The fraction of sp³-hybridized carbons (Fsp3) is 0.333. The van der Waals surface area contributed by atoms with Crippen molar-refractivity contribution in [1.29, 1.82) is 0 Å². The van der Waals surface area contributed by atoms with Gasteiger partial charge in [-0.1, -0.05) is 12.1 Å². The first-order valence-electron chi connectivity index (χ1n) is 7.78. The van der Waals surface area contributed by atoms with Crippen LogP contribution < -0.4 is 5.32 Å². The minimum atomic E-state index is -0.311. The van der Waals surface area contributed by atoms with Gasteiger partial charge in [0, 0.05) is 22.8 Å². The summed E-state index contributed by atoms with van der Waals surface area (Å²) in [6.45, 7) is 6.48. The first-order valence-corrected chi connectivity index (χ1v) is 8.59. The summed E-state index contributed by atoms with van der Waals surface area (Å²) in [5.41, 5.74) is 1.47. The lowest BCUT2D eigenvalue weighted by Crippen LogP contribution is -2.40. The molecule has 2 amide bonds. The third-order valence-corrected chi connectivity index (χ3v) is 4.64. The number of carbonyl (C=O) groups is 2. The summed E-state index contributed by atoms with van der Waals surface area (Å²) in [7, 11) is 0. The first kappa shape index (κ1) is 18.1. The smallest absolute Gasteiger partial charge is 0.255 e. The molecule has 24 heavy (non-hydrogen) atoms. The molecule has 0 aliphatic heterocycles. The first-order chi connectivity index (χ1) is 11.4. The van der Waals surface area contributed by atoms with E-state index in [0.29, 0.717) is 18.7 Å². The number of benzene rings is 1. The van der Waals surface area contributed by atoms with Crippen molar-refractivity contribution in [2.75, 3.05) is 13.1 Å². The lowest BCUT2D eigenvalue weighted by Gasteiger charge is -2.20. The molecule has 6 heteroatoms. The molecule has 4 nitrogen and oxygen atoms in total. The van der Waals surface area contributed by atoms with Crippen LogP contribution in [-0.2, 0) is 11.3 Å². The van der Waals surface area contributed by atoms with Gasteiger partial charge < -0.3 is 10.2 Å². The van der Waals surface area contributed by atoms with E-state index in [9.17, 15) is 14.0 Å². The van der Waals surface area contributed by atoms with E-state index in [-0.39, 0.29) is 24.2 Å². The van der Waals surface area contributed by atoms with Crippen molar-refractivity contribution < 1.29 is 14.0 Å². The summed E-state index contributed by atoms with van der Waals surface area (Å²) in [6.07, 6.45) is 0. The van der Waals surface area contributed by atoms with E-state index in [0.717, 1.165) is 15.3 Å². The molecule has 1 heterocycles. The Morgan fingerprint density at radius 1 is 1.21 bits per heavy atom. The van der Waals surface area contributed by atoms with Gasteiger partial charge in [-0.2, -0.15) is 0 Å². The highest BCUT2D eigenvalue weighted by atomic mass is 32.1. The van der Waals surface area contributed by atoms with Crippen molar-refractivity contribution in [1.82, 2.24) is 10.2 Å². The number of carbonyl (C=O) groups excluding carboxylic acids is 2. The van der Waals surface area contributed by atoms with Gasteiger partial charge in [-0.3, -0.25) is 9.59 Å². The molecule has 0 saturated heterocycles. The molecule has 0 aliphatic carbocycles. The third-order valence-electron chi connectivity index (χ3n) is 3.68. The molecule has 0 radical (unpaired) electrons. The number of amides is 2. The van der Waals surface area contributed by atoms with E-state index in [2.05, 4.69) is 5.32 Å². The van der Waals surface area contributed by atoms with Crippen molar-refractivity contribution >= 4 is 23.2 Å². The second-order valence-corrected chi connectivity index (χ2v) is 7.01. The summed E-state index contributed by atoms with van der Waals surface area (Å²) in [5, 5.41) is 2.76. The molecule has 128 valence electrons. The number of nitrogens with zero attached hydrogens (tertiary/aromatic N) is 1. The number of halogens is 1. The molecule has 2 aromatic rings. The summed E-state index contributed by atoms with van der Waals surface area (Å²) < 4.78 is 12.9. The number of aryl methyl sites for hydroxylation is 2. The van der Waals surface area contributed by atoms with E-state index >= 15 is 0 Å². The van der Waals surface area contributed by atoms with E-state index in [1.165, 1.54) is 17.0 Å². The summed E-state index contributed by atoms with van der Waals surface area (Å²) >= 11 is 1.57. The highest BCUT2D eigenvalue weighted by molar-refractivity contribution is 7.12. The fourth-order valence-corrected chi connectivity index (χ4v) is 3.29. The van der Waals surface area contributed by atoms with Gasteiger partial charge in [0.1, 0.15) is 5.82 Å². The quantitative estimate of drug-likeness (QED) is 0.871. The lowest BCUT2D eigenvalue weighted by molar-refractivity contribution is -0.121. The molecule has 1 N–H and O–H groups in total. The average molecular weight is 348 g/mol. The zero-order valence-corrected chi connectivity index (χ0v) is 14.9. The van der Waals surface area contributed by atoms with Crippen LogP contribution in [0.2, 0.25) is 0 Å². The zero-order chi connectivity index (χ0) is 17.7. The molecular formula is C18H21FN2O2S. The topological polar surface area (TPSA) is 49.4 Å². The number of rotatable bonds is 6. The monoisotopic (exact) mass is 348 g/mol. The summed E-state index contributed by atoms with van der Waals surface area (Å²) in [5.74, 6) is -0.676. The normalized spacial score (nSPS) is 10.5. The third kappa shape index (κ3) is 4.64. The van der Waals surface area contributed by atoms with Crippen LogP contribution in [0.1, 0.15) is 32.6 Å². The van der Waals surface area contributed by atoms with E-state index in [4.69, 9.17) is 0 Å². The minimum absolute atomic E-state index is 0.00482. The van der Waals surface area contributed by atoms with Gasteiger partial charge in [-0.05, 0) is 44.5 Å². The molecule has 0 atom stereocenters. The van der Waals surface area contributed by atoms with Gasteiger partial charge in [0.05, 0.1) is 12.1 Å². The second kappa shape index (κ2) is 8.06. The molecular weight excluding hydrogens is 327 g/mol. The zero-order valence-electron chi connectivity index (χ0n) is 14.1. The SMILES string of the molecule is CCN(CC(=O)NCc1ccc(F)cc1)C(=O)c1cc(C)sc1C. The van der Waals surface area contributed by atoms with Crippen LogP contribution in [-0.4, -0.2) is 29.8 Å². The highest BCUT2D eigenvalue weighted by Gasteiger charge is 2.20. The molecule has 2 rings (SSSR count). The van der Waals surface area contributed by atoms with Crippen LogP contribution in [0.15, 0.2) is 30.3 Å². The molecule has 0 spiro atoms. The minimum Gasteiger partial charge on any atom is -0.350 e. The number of hydrogen-bond donors (Lipinski definition) is 1. The summed E-state index contributed by atoms with van der Waals surface area (Å²) in [4.78, 5) is 28.2. The predicted octanol–water partition coefficient (Wildman–Crippen LogP) is 3.28. The van der Waals surface area contributed by atoms with E-state index < -0.39 is 0 Å². The second-order valence-electron chi connectivity index (χ2n) is 5.55. The average Bonchev–Trinajstić information content (AvgIpc) is 2.90. The molecule has 0 unspecified atom stereocenters. The van der Waals surface area contributed by atoms with Gasteiger partial charge in [-0.25, -0.2) is 4.39 Å². The molecule has 0 aliphatic rings. The van der Waals surface area contributed by atoms with Crippen molar-refractivity contribution in [3.05, 3.63) is 57.0 Å². The van der Waals surface area contributed by atoms with E-state index in [1.807, 2.05) is 26.8 Å². The lowest BCUT2D eigenvalue weighted by atomic mass is 10.2. The maximum atomic E-state index is 12.9. The van der Waals surface area contributed by atoms with Crippen LogP contribution in [0, 0.1) is 19.7 Å². The van der Waals surface area contributed by atoms with Crippen molar-refractivity contribution in [3.8, 4) is 0 Å². The maximum absolute atomic E-state index is 12.9. The van der Waals surface area contributed by atoms with Gasteiger partial charge in [-0.15, -0.1) is 11.3 Å². The molecule has 0 fully saturated rings. The summed E-state index contributed by atoms with van der Waals surface area (Å²) in [6, 6.07) is 7.81. The standard InChI is InChI=1S/C18H21FN2O2S/c1-4-21(18(23)16-9-12(2)24-13(16)3)11-17(22)20-10-14-5-7-15(19)8-6-14/h5-9H,4,10-11H2,1-3H3,(H,20,22).